The first-order chi connectivity index (χ1) is 15.7. The number of hydrogen-bond acceptors (Lipinski definition) is 6. The first kappa shape index (κ1) is 24.1. The number of hydrogen-bond donors (Lipinski definition) is 3. The highest BCUT2D eigenvalue weighted by Crippen LogP contribution is 2.41. The van der Waals surface area contributed by atoms with Crippen LogP contribution in [0, 0.1) is 5.92 Å². The van der Waals surface area contributed by atoms with Crippen molar-refractivity contribution in [1.82, 2.24) is 10.6 Å². The molecule has 10 heteroatoms. The van der Waals surface area contributed by atoms with E-state index in [4.69, 9.17) is 4.74 Å². The largest absolute Gasteiger partial charge is 0.462 e. The molecule has 2 aromatic heterocycles. The van der Waals surface area contributed by atoms with Crippen molar-refractivity contribution in [2.75, 3.05) is 18.5 Å². The van der Waals surface area contributed by atoms with Crippen LogP contribution in [0.25, 0.3) is 0 Å². The number of fused-ring (bicyclic) bond motifs is 2. The zero-order valence-electron chi connectivity index (χ0n) is 19.0. The summed E-state index contributed by atoms with van der Waals surface area (Å²) in [6.45, 7) is 6.33. The molecule has 0 spiro atoms. The highest BCUT2D eigenvalue weighted by molar-refractivity contribution is 7.17. The summed E-state index contributed by atoms with van der Waals surface area (Å²) in [7, 11) is 0. The van der Waals surface area contributed by atoms with E-state index in [0.717, 1.165) is 64.9 Å². The minimum Gasteiger partial charge on any atom is -0.462 e. The molecule has 1 aliphatic heterocycles. The van der Waals surface area contributed by atoms with Gasteiger partial charge in [-0.2, -0.15) is 0 Å². The second-order valence-electron chi connectivity index (χ2n) is 8.71. The Balaban J connectivity index is 1.54. The van der Waals surface area contributed by atoms with Gasteiger partial charge >= 0.3 is 12.0 Å². The second-order valence-corrected chi connectivity index (χ2v) is 10.9. The van der Waals surface area contributed by atoms with Crippen molar-refractivity contribution in [3.8, 4) is 0 Å². The van der Waals surface area contributed by atoms with Gasteiger partial charge in [-0.15, -0.1) is 22.7 Å². The molecular weight excluding hydrogens is 468 g/mol. The Hall–Kier alpha value is -2.04. The molecule has 0 fully saturated rings. The fourth-order valence-corrected chi connectivity index (χ4v) is 7.02. The van der Waals surface area contributed by atoms with Crippen molar-refractivity contribution in [2.45, 2.75) is 65.5 Å². The van der Waals surface area contributed by atoms with Crippen molar-refractivity contribution < 1.29 is 23.1 Å². The number of carbonyl (C=O) groups excluding carboxylic acids is 2. The third-order valence-electron chi connectivity index (χ3n) is 6.08. The molecule has 1 atom stereocenters. The van der Waals surface area contributed by atoms with E-state index in [2.05, 4.69) is 22.9 Å². The molecule has 3 heterocycles. The van der Waals surface area contributed by atoms with Crippen LogP contribution in [-0.4, -0.2) is 25.2 Å². The Morgan fingerprint density at radius 1 is 1.21 bits per heavy atom. The van der Waals surface area contributed by atoms with Gasteiger partial charge in [0, 0.05) is 29.8 Å². The Morgan fingerprint density at radius 3 is 2.73 bits per heavy atom. The van der Waals surface area contributed by atoms with E-state index in [1.54, 1.807) is 6.92 Å². The smallest absolute Gasteiger partial charge is 0.341 e. The van der Waals surface area contributed by atoms with Crippen molar-refractivity contribution in [1.29, 1.82) is 0 Å². The number of aryl methyl sites for hydroxylation is 1. The first-order valence-electron chi connectivity index (χ1n) is 11.3. The number of esters is 1. The van der Waals surface area contributed by atoms with Gasteiger partial charge in [-0.05, 0) is 61.8 Å². The molecule has 6 nitrogen and oxygen atoms in total. The Morgan fingerprint density at radius 2 is 2.00 bits per heavy atom. The number of anilines is 1. The molecule has 33 heavy (non-hydrogen) atoms. The van der Waals surface area contributed by atoms with Gasteiger partial charge in [0.2, 0.25) is 0 Å². The van der Waals surface area contributed by atoms with Gasteiger partial charge < -0.3 is 15.4 Å². The summed E-state index contributed by atoms with van der Waals surface area (Å²) < 4.78 is 33.8. The zero-order chi connectivity index (χ0) is 23.8. The highest BCUT2D eigenvalue weighted by Gasteiger charge is 2.34. The number of thiophene rings is 2. The molecule has 3 N–H and O–H groups in total. The normalized spacial score (nSPS) is 17.8. The number of amides is 2. The highest BCUT2D eigenvalue weighted by atomic mass is 32.1. The predicted octanol–water partition coefficient (Wildman–Crippen LogP) is 5.19. The van der Waals surface area contributed by atoms with Gasteiger partial charge in [0.15, 0.2) is 0 Å². The van der Waals surface area contributed by atoms with Crippen LogP contribution < -0.4 is 16.0 Å². The van der Waals surface area contributed by atoms with Crippen LogP contribution in [0.3, 0.4) is 0 Å². The van der Waals surface area contributed by atoms with Crippen LogP contribution in [0.15, 0.2) is 0 Å². The van der Waals surface area contributed by atoms with Crippen LogP contribution in [0.5, 0.6) is 0 Å². The van der Waals surface area contributed by atoms with Crippen molar-refractivity contribution >= 4 is 39.7 Å². The Kier molecular flexibility index (Phi) is 7.07. The maximum absolute atomic E-state index is 14.3. The van der Waals surface area contributed by atoms with Gasteiger partial charge in [-0.1, -0.05) is 6.92 Å². The molecule has 180 valence electrons. The lowest BCUT2D eigenvalue weighted by molar-refractivity contribution is 0.0205. The number of nitrogens with one attached hydrogen (secondary N) is 3. The summed E-state index contributed by atoms with van der Waals surface area (Å²) in [4.78, 5) is 27.5. The van der Waals surface area contributed by atoms with Crippen LogP contribution in [-0.2, 0) is 43.0 Å². The van der Waals surface area contributed by atoms with Crippen LogP contribution in [0.1, 0.15) is 68.9 Å². The SMILES string of the molecule is CCOC(=O)c1c(NC(=O)NCc2c(C(C)(F)F)sc3c2CCNC3)sc2c1CC(C)CC2. The Labute approximate surface area is 200 Å². The average Bonchev–Trinajstić information content (AvgIpc) is 3.30. The third kappa shape index (κ3) is 5.07. The number of alkyl halides is 2. The third-order valence-corrected chi connectivity index (χ3v) is 8.73. The molecule has 4 rings (SSSR count). The molecule has 1 unspecified atom stereocenters. The van der Waals surface area contributed by atoms with Gasteiger partial charge in [0.25, 0.3) is 5.92 Å². The molecule has 0 radical (unpaired) electrons. The van der Waals surface area contributed by atoms with E-state index in [1.165, 1.54) is 11.3 Å². The van der Waals surface area contributed by atoms with Gasteiger partial charge in [-0.3, -0.25) is 5.32 Å². The molecule has 2 amide bonds. The standard InChI is InChI=1S/C23H29F2N3O3S2/c1-4-31-21(29)18-14-9-12(2)5-6-16(14)33-20(18)28-22(30)27-10-15-13-7-8-26-11-17(13)32-19(15)23(3,24)25/h12,26H,4-11H2,1-3H3,(H2,27,28,30). The maximum Gasteiger partial charge on any atom is 0.341 e. The van der Waals surface area contributed by atoms with Crippen LogP contribution in [0.2, 0.25) is 0 Å². The van der Waals surface area contributed by atoms with Gasteiger partial charge in [0.05, 0.1) is 17.0 Å². The fraction of sp³-hybridized carbons (Fsp3) is 0.565. The van der Waals surface area contributed by atoms with E-state index < -0.39 is 17.9 Å². The number of ether oxygens (including phenoxy) is 1. The van der Waals surface area contributed by atoms with E-state index in [-0.39, 0.29) is 18.0 Å². The molecule has 2 aromatic rings. The summed E-state index contributed by atoms with van der Waals surface area (Å²) in [6.07, 6.45) is 3.32. The summed E-state index contributed by atoms with van der Waals surface area (Å²) in [6, 6.07) is -0.522. The van der Waals surface area contributed by atoms with Crippen LogP contribution in [0.4, 0.5) is 18.6 Å². The molecule has 0 aromatic carbocycles. The predicted molar refractivity (Wildman–Crippen MR) is 127 cm³/mol. The second kappa shape index (κ2) is 9.68. The molecule has 0 bridgehead atoms. The molecule has 2 aliphatic rings. The number of carbonyl (C=O) groups is 2. The lowest BCUT2D eigenvalue weighted by atomic mass is 9.88. The summed E-state index contributed by atoms with van der Waals surface area (Å²) in [5.41, 5.74) is 2.80. The quantitative estimate of drug-likeness (QED) is 0.480. The lowest BCUT2D eigenvalue weighted by Crippen LogP contribution is -2.30. The maximum atomic E-state index is 14.3. The first-order valence-corrected chi connectivity index (χ1v) is 12.9. The van der Waals surface area contributed by atoms with Crippen molar-refractivity contribution in [2.24, 2.45) is 5.92 Å². The van der Waals surface area contributed by atoms with Gasteiger partial charge in [-0.25, -0.2) is 18.4 Å². The molecule has 1 aliphatic carbocycles. The van der Waals surface area contributed by atoms with E-state index in [0.29, 0.717) is 35.0 Å². The Bertz CT molecular complexity index is 1060. The summed E-state index contributed by atoms with van der Waals surface area (Å²) >= 11 is 2.51. The topological polar surface area (TPSA) is 79.5 Å². The number of halogens is 2. The molecule has 0 saturated carbocycles. The molecule has 0 saturated heterocycles. The zero-order valence-corrected chi connectivity index (χ0v) is 20.7. The van der Waals surface area contributed by atoms with Crippen molar-refractivity contribution in [3.63, 3.8) is 0 Å². The van der Waals surface area contributed by atoms with Gasteiger partial charge in [0.1, 0.15) is 5.00 Å². The summed E-state index contributed by atoms with van der Waals surface area (Å²) in [5.74, 6) is -2.96. The fourth-order valence-electron chi connectivity index (χ4n) is 4.52. The summed E-state index contributed by atoms with van der Waals surface area (Å²) in [5, 5.41) is 9.20. The molecular formula is C23H29F2N3O3S2. The average molecular weight is 498 g/mol. The van der Waals surface area contributed by atoms with E-state index in [9.17, 15) is 18.4 Å². The number of urea groups is 1. The van der Waals surface area contributed by atoms with E-state index in [1.807, 2.05) is 0 Å². The minimum atomic E-state index is -2.98. The lowest BCUT2D eigenvalue weighted by Gasteiger charge is -2.18. The monoisotopic (exact) mass is 497 g/mol. The van der Waals surface area contributed by atoms with Crippen LogP contribution >= 0.6 is 22.7 Å². The number of rotatable bonds is 6. The minimum absolute atomic E-state index is 0.00397. The van der Waals surface area contributed by atoms with Crippen molar-refractivity contribution in [3.05, 3.63) is 36.9 Å². The van der Waals surface area contributed by atoms with E-state index >= 15 is 0 Å².